The fourth-order valence-corrected chi connectivity index (χ4v) is 2.23. The molecule has 1 fully saturated rings. The molecule has 92 valence electrons. The predicted molar refractivity (Wildman–Crippen MR) is 68.1 cm³/mol. The van der Waals surface area contributed by atoms with E-state index in [1.807, 2.05) is 20.8 Å². The van der Waals surface area contributed by atoms with Gasteiger partial charge in [-0.15, -0.1) is 0 Å². The standard InChI is InChI=1S/C12H21NO2S/c1-12(2,3)15-11(14)9-6-4-8(5-7-9)10(13)16/h8-9H,4-7H2,1-3H3,(H2,13,16). The lowest BCUT2D eigenvalue weighted by molar-refractivity contribution is -0.161. The largest absolute Gasteiger partial charge is 0.460 e. The number of esters is 1. The number of hydrogen-bond acceptors (Lipinski definition) is 3. The molecule has 0 heterocycles. The summed E-state index contributed by atoms with van der Waals surface area (Å²) in [6.45, 7) is 5.68. The summed E-state index contributed by atoms with van der Waals surface area (Å²) in [5, 5.41) is 0. The number of nitrogens with two attached hydrogens (primary N) is 1. The molecule has 16 heavy (non-hydrogen) atoms. The van der Waals surface area contributed by atoms with Crippen molar-refractivity contribution < 1.29 is 9.53 Å². The Morgan fingerprint density at radius 3 is 2.00 bits per heavy atom. The lowest BCUT2D eigenvalue weighted by Gasteiger charge is -2.29. The zero-order valence-electron chi connectivity index (χ0n) is 10.3. The maximum absolute atomic E-state index is 11.8. The second-order valence-electron chi connectivity index (χ2n) is 5.48. The van der Waals surface area contributed by atoms with E-state index in [1.54, 1.807) is 0 Å². The molecule has 0 atom stereocenters. The van der Waals surface area contributed by atoms with E-state index < -0.39 is 5.60 Å². The number of ether oxygens (including phenoxy) is 1. The van der Waals surface area contributed by atoms with Crippen molar-refractivity contribution in [2.75, 3.05) is 0 Å². The van der Waals surface area contributed by atoms with Crippen molar-refractivity contribution >= 4 is 23.2 Å². The molecule has 1 rings (SSSR count). The van der Waals surface area contributed by atoms with E-state index in [2.05, 4.69) is 0 Å². The molecule has 3 nitrogen and oxygen atoms in total. The molecule has 0 saturated heterocycles. The average Bonchev–Trinajstić information content (AvgIpc) is 2.15. The second-order valence-corrected chi connectivity index (χ2v) is 5.96. The summed E-state index contributed by atoms with van der Waals surface area (Å²) in [6, 6.07) is 0. The van der Waals surface area contributed by atoms with Crippen molar-refractivity contribution in [1.82, 2.24) is 0 Å². The van der Waals surface area contributed by atoms with Gasteiger partial charge in [-0.05, 0) is 46.5 Å². The molecule has 1 aliphatic carbocycles. The van der Waals surface area contributed by atoms with E-state index in [9.17, 15) is 4.79 Å². The molecular weight excluding hydrogens is 222 g/mol. The molecule has 0 aliphatic heterocycles. The molecule has 0 radical (unpaired) electrons. The van der Waals surface area contributed by atoms with Crippen LogP contribution in [0.15, 0.2) is 0 Å². The zero-order chi connectivity index (χ0) is 12.3. The monoisotopic (exact) mass is 243 g/mol. The Morgan fingerprint density at radius 2 is 1.62 bits per heavy atom. The minimum atomic E-state index is -0.392. The van der Waals surface area contributed by atoms with E-state index in [4.69, 9.17) is 22.7 Å². The fourth-order valence-electron chi connectivity index (χ4n) is 2.00. The van der Waals surface area contributed by atoms with E-state index in [1.165, 1.54) is 0 Å². The molecule has 0 bridgehead atoms. The van der Waals surface area contributed by atoms with Gasteiger partial charge in [-0.3, -0.25) is 4.79 Å². The van der Waals surface area contributed by atoms with Crippen molar-refractivity contribution in [2.24, 2.45) is 17.6 Å². The maximum atomic E-state index is 11.8. The molecule has 0 aromatic rings. The average molecular weight is 243 g/mol. The lowest BCUT2D eigenvalue weighted by atomic mass is 9.82. The first-order valence-electron chi connectivity index (χ1n) is 5.82. The Balaban J connectivity index is 2.42. The van der Waals surface area contributed by atoms with Crippen LogP contribution in [0.4, 0.5) is 0 Å². The van der Waals surface area contributed by atoms with E-state index in [0.29, 0.717) is 10.9 Å². The van der Waals surface area contributed by atoms with Crippen LogP contribution in [-0.4, -0.2) is 16.6 Å². The van der Waals surface area contributed by atoms with Gasteiger partial charge < -0.3 is 10.5 Å². The number of carbonyl (C=O) groups excluding carboxylic acids is 1. The first-order chi connectivity index (χ1) is 7.29. The third-order valence-corrected chi connectivity index (χ3v) is 3.20. The fraction of sp³-hybridized carbons (Fsp3) is 0.833. The highest BCUT2D eigenvalue weighted by Crippen LogP contribution is 2.30. The zero-order valence-corrected chi connectivity index (χ0v) is 11.1. The first kappa shape index (κ1) is 13.4. The van der Waals surface area contributed by atoms with Crippen LogP contribution in [0, 0.1) is 11.8 Å². The smallest absolute Gasteiger partial charge is 0.309 e. The van der Waals surface area contributed by atoms with E-state index in [-0.39, 0.29) is 11.9 Å². The van der Waals surface area contributed by atoms with Gasteiger partial charge in [-0.1, -0.05) is 12.2 Å². The highest BCUT2D eigenvalue weighted by atomic mass is 32.1. The molecule has 0 amide bonds. The van der Waals surface area contributed by atoms with Gasteiger partial charge in [0.1, 0.15) is 5.60 Å². The molecule has 0 aromatic carbocycles. The summed E-state index contributed by atoms with van der Waals surface area (Å²) in [7, 11) is 0. The van der Waals surface area contributed by atoms with Gasteiger partial charge in [-0.25, -0.2) is 0 Å². The Hall–Kier alpha value is -0.640. The van der Waals surface area contributed by atoms with Crippen LogP contribution < -0.4 is 5.73 Å². The highest BCUT2D eigenvalue weighted by Gasteiger charge is 2.30. The summed E-state index contributed by atoms with van der Waals surface area (Å²) in [5.41, 5.74) is 5.21. The lowest BCUT2D eigenvalue weighted by Crippen LogP contribution is -2.33. The molecule has 4 heteroatoms. The molecule has 1 aliphatic rings. The van der Waals surface area contributed by atoms with Crippen LogP contribution in [0.1, 0.15) is 46.5 Å². The molecule has 0 aromatic heterocycles. The Labute approximate surface area is 103 Å². The molecule has 1 saturated carbocycles. The van der Waals surface area contributed by atoms with Crippen LogP contribution in [0.5, 0.6) is 0 Å². The van der Waals surface area contributed by atoms with Crippen LogP contribution >= 0.6 is 12.2 Å². The van der Waals surface area contributed by atoms with Gasteiger partial charge in [-0.2, -0.15) is 0 Å². The van der Waals surface area contributed by atoms with Crippen molar-refractivity contribution in [1.29, 1.82) is 0 Å². The number of carbonyl (C=O) groups is 1. The first-order valence-corrected chi connectivity index (χ1v) is 6.22. The van der Waals surface area contributed by atoms with Gasteiger partial charge in [0.25, 0.3) is 0 Å². The van der Waals surface area contributed by atoms with Gasteiger partial charge in [0.2, 0.25) is 0 Å². The van der Waals surface area contributed by atoms with E-state index in [0.717, 1.165) is 25.7 Å². The number of rotatable bonds is 2. The van der Waals surface area contributed by atoms with Gasteiger partial charge in [0.05, 0.1) is 10.9 Å². The van der Waals surface area contributed by atoms with Crippen LogP contribution in [0.2, 0.25) is 0 Å². The molecule has 2 N–H and O–H groups in total. The van der Waals surface area contributed by atoms with Crippen molar-refractivity contribution in [3.05, 3.63) is 0 Å². The number of thiocarbonyl (C=S) groups is 1. The van der Waals surface area contributed by atoms with Crippen LogP contribution in [-0.2, 0) is 9.53 Å². The van der Waals surface area contributed by atoms with Crippen molar-refractivity contribution in [3.63, 3.8) is 0 Å². The second kappa shape index (κ2) is 5.13. The minimum absolute atomic E-state index is 0.0322. The third kappa shape index (κ3) is 4.08. The van der Waals surface area contributed by atoms with Crippen molar-refractivity contribution in [2.45, 2.75) is 52.1 Å². The summed E-state index contributed by atoms with van der Waals surface area (Å²) in [6.07, 6.45) is 3.52. The topological polar surface area (TPSA) is 52.3 Å². The van der Waals surface area contributed by atoms with Crippen molar-refractivity contribution in [3.8, 4) is 0 Å². The van der Waals surface area contributed by atoms with Crippen LogP contribution in [0.3, 0.4) is 0 Å². The van der Waals surface area contributed by atoms with Gasteiger partial charge >= 0.3 is 5.97 Å². The normalized spacial score (nSPS) is 26.2. The summed E-state index contributed by atoms with van der Waals surface area (Å²) in [4.78, 5) is 12.4. The molecular formula is C12H21NO2S. The predicted octanol–water partition coefficient (Wildman–Crippen LogP) is 2.42. The molecule has 0 unspecified atom stereocenters. The van der Waals surface area contributed by atoms with E-state index >= 15 is 0 Å². The SMILES string of the molecule is CC(C)(C)OC(=O)C1CCC(C(N)=S)CC1. The van der Waals surface area contributed by atoms with Gasteiger partial charge in [0.15, 0.2) is 0 Å². The Kier molecular flexibility index (Phi) is 4.30. The van der Waals surface area contributed by atoms with Gasteiger partial charge in [0, 0.05) is 5.92 Å². The van der Waals surface area contributed by atoms with Crippen LogP contribution in [0.25, 0.3) is 0 Å². The Bertz CT molecular complexity index is 275. The molecule has 0 spiro atoms. The minimum Gasteiger partial charge on any atom is -0.460 e. The number of hydrogen-bond donors (Lipinski definition) is 1. The Morgan fingerprint density at radius 1 is 1.19 bits per heavy atom. The third-order valence-electron chi connectivity index (χ3n) is 2.87. The highest BCUT2D eigenvalue weighted by molar-refractivity contribution is 7.80. The maximum Gasteiger partial charge on any atom is 0.309 e. The quantitative estimate of drug-likeness (QED) is 0.598. The summed E-state index contributed by atoms with van der Waals surface area (Å²) >= 11 is 4.97. The summed E-state index contributed by atoms with van der Waals surface area (Å²) < 4.78 is 5.37. The summed E-state index contributed by atoms with van der Waals surface area (Å²) in [5.74, 6) is 0.271.